The third-order valence-electron chi connectivity index (χ3n) is 3.31. The fraction of sp³-hybridized carbons (Fsp3) is 0.625. The predicted molar refractivity (Wildman–Crippen MR) is 108 cm³/mol. The molecule has 0 aliphatic rings. The summed E-state index contributed by atoms with van der Waals surface area (Å²) in [5, 5.41) is 6.67. The predicted octanol–water partition coefficient (Wildman–Crippen LogP) is 2.51. The standard InChI is InChI=1S/C16H28N6OS2/c1-21(2)9-7-17-15-16(20-25-19-15)18-8-10-24-12-14-6-5-13(23-14)11-22(3)4/h5-6H,7-12H2,1-4H3,(H,17,19)(H,18,20). The monoisotopic (exact) mass is 384 g/mol. The lowest BCUT2D eigenvalue weighted by molar-refractivity contribution is 0.344. The molecule has 0 aromatic carbocycles. The smallest absolute Gasteiger partial charge is 0.184 e. The minimum atomic E-state index is 0.840. The van der Waals surface area contributed by atoms with E-state index in [1.165, 1.54) is 11.7 Å². The molecule has 0 aliphatic carbocycles. The topological polar surface area (TPSA) is 69.5 Å². The molecule has 0 spiro atoms. The Hall–Kier alpha value is -1.29. The van der Waals surface area contributed by atoms with Crippen LogP contribution >= 0.6 is 23.5 Å². The highest BCUT2D eigenvalue weighted by Gasteiger charge is 2.07. The molecule has 0 saturated heterocycles. The van der Waals surface area contributed by atoms with Crippen LogP contribution in [0.4, 0.5) is 11.6 Å². The Morgan fingerprint density at radius 2 is 1.68 bits per heavy atom. The van der Waals surface area contributed by atoms with Gasteiger partial charge >= 0.3 is 0 Å². The quantitative estimate of drug-likeness (QED) is 0.541. The first kappa shape index (κ1) is 20.0. The Labute approximate surface area is 158 Å². The molecule has 0 bridgehead atoms. The second-order valence-corrected chi connectivity index (χ2v) is 7.91. The first-order chi connectivity index (χ1) is 12.0. The van der Waals surface area contributed by atoms with Crippen LogP contribution in [0.1, 0.15) is 11.5 Å². The first-order valence-corrected chi connectivity index (χ1v) is 10.2. The minimum Gasteiger partial charge on any atom is -0.464 e. The summed E-state index contributed by atoms with van der Waals surface area (Å²) in [6.07, 6.45) is 0. The van der Waals surface area contributed by atoms with Crippen molar-refractivity contribution in [2.75, 3.05) is 64.2 Å². The maximum atomic E-state index is 5.81. The average Bonchev–Trinajstić information content (AvgIpc) is 3.16. The van der Waals surface area contributed by atoms with Crippen LogP contribution in [-0.4, -0.2) is 72.1 Å². The molecule has 0 amide bonds. The fourth-order valence-electron chi connectivity index (χ4n) is 2.13. The molecular formula is C16H28N6OS2. The van der Waals surface area contributed by atoms with E-state index in [2.05, 4.69) is 55.4 Å². The number of anilines is 2. The van der Waals surface area contributed by atoms with Gasteiger partial charge in [-0.15, -0.1) is 0 Å². The number of thioether (sulfide) groups is 1. The Morgan fingerprint density at radius 3 is 2.36 bits per heavy atom. The van der Waals surface area contributed by atoms with Gasteiger partial charge in [-0.25, -0.2) is 0 Å². The molecule has 140 valence electrons. The van der Waals surface area contributed by atoms with Gasteiger partial charge in [-0.3, -0.25) is 0 Å². The SMILES string of the molecule is CN(C)CCNc1nsnc1NCCSCc1ccc(CN(C)C)o1. The van der Waals surface area contributed by atoms with Gasteiger partial charge in [0.1, 0.15) is 11.5 Å². The summed E-state index contributed by atoms with van der Waals surface area (Å²) in [6.45, 7) is 3.51. The Kier molecular flexibility index (Phi) is 8.53. The molecule has 0 saturated carbocycles. The summed E-state index contributed by atoms with van der Waals surface area (Å²) in [6, 6.07) is 4.12. The molecule has 2 aromatic rings. The van der Waals surface area contributed by atoms with E-state index >= 15 is 0 Å². The van der Waals surface area contributed by atoms with Crippen LogP contribution in [0.2, 0.25) is 0 Å². The van der Waals surface area contributed by atoms with Gasteiger partial charge in [0.2, 0.25) is 0 Å². The zero-order chi connectivity index (χ0) is 18.1. The minimum absolute atomic E-state index is 0.840. The zero-order valence-corrected chi connectivity index (χ0v) is 17.0. The van der Waals surface area contributed by atoms with Gasteiger partial charge in [-0.2, -0.15) is 20.5 Å². The highest BCUT2D eigenvalue weighted by atomic mass is 32.2. The number of hydrogen-bond acceptors (Lipinski definition) is 9. The van der Waals surface area contributed by atoms with Crippen molar-refractivity contribution in [1.29, 1.82) is 0 Å². The normalized spacial score (nSPS) is 11.4. The fourth-order valence-corrected chi connectivity index (χ4v) is 3.38. The summed E-state index contributed by atoms with van der Waals surface area (Å²) < 4.78 is 14.4. The zero-order valence-electron chi connectivity index (χ0n) is 15.4. The van der Waals surface area contributed by atoms with Crippen LogP contribution in [0.3, 0.4) is 0 Å². The lowest BCUT2D eigenvalue weighted by atomic mass is 10.4. The van der Waals surface area contributed by atoms with Gasteiger partial charge in [0.15, 0.2) is 11.6 Å². The van der Waals surface area contributed by atoms with E-state index in [9.17, 15) is 0 Å². The Bertz CT molecular complexity index is 613. The molecule has 9 heteroatoms. The van der Waals surface area contributed by atoms with Crippen molar-refractivity contribution < 1.29 is 4.42 Å². The highest BCUT2D eigenvalue weighted by molar-refractivity contribution is 7.98. The molecular weight excluding hydrogens is 356 g/mol. The van der Waals surface area contributed by atoms with Crippen molar-refractivity contribution in [2.45, 2.75) is 12.3 Å². The number of rotatable bonds is 12. The van der Waals surface area contributed by atoms with E-state index in [-0.39, 0.29) is 0 Å². The van der Waals surface area contributed by atoms with Gasteiger partial charge in [0.25, 0.3) is 0 Å². The number of furan rings is 1. The lowest BCUT2D eigenvalue weighted by Crippen LogP contribution is -2.21. The third kappa shape index (κ3) is 7.64. The maximum absolute atomic E-state index is 5.81. The Balaban J connectivity index is 1.63. The second kappa shape index (κ2) is 10.6. The van der Waals surface area contributed by atoms with Crippen molar-refractivity contribution in [2.24, 2.45) is 0 Å². The van der Waals surface area contributed by atoms with Gasteiger partial charge < -0.3 is 24.9 Å². The van der Waals surface area contributed by atoms with Gasteiger partial charge in [-0.1, -0.05) is 0 Å². The maximum Gasteiger partial charge on any atom is 0.184 e. The molecule has 0 aliphatic heterocycles. The van der Waals surface area contributed by atoms with Crippen LogP contribution in [0.5, 0.6) is 0 Å². The molecule has 2 aromatic heterocycles. The lowest BCUT2D eigenvalue weighted by Gasteiger charge is -2.10. The number of nitrogens with zero attached hydrogens (tertiary/aromatic N) is 4. The van der Waals surface area contributed by atoms with Crippen molar-refractivity contribution in [3.8, 4) is 0 Å². The van der Waals surface area contributed by atoms with Crippen LogP contribution in [-0.2, 0) is 12.3 Å². The van der Waals surface area contributed by atoms with Crippen LogP contribution in [0.15, 0.2) is 16.5 Å². The summed E-state index contributed by atoms with van der Waals surface area (Å²) in [5.74, 6) is 5.60. The van der Waals surface area contributed by atoms with Gasteiger partial charge in [0.05, 0.1) is 24.0 Å². The molecule has 7 nitrogen and oxygen atoms in total. The first-order valence-electron chi connectivity index (χ1n) is 8.29. The summed E-state index contributed by atoms with van der Waals surface area (Å²) in [4.78, 5) is 4.24. The molecule has 0 atom stereocenters. The molecule has 0 radical (unpaired) electrons. The van der Waals surface area contributed by atoms with Crippen LogP contribution in [0.25, 0.3) is 0 Å². The van der Waals surface area contributed by atoms with Gasteiger partial charge in [-0.05, 0) is 40.3 Å². The summed E-state index contributed by atoms with van der Waals surface area (Å²) in [7, 11) is 8.19. The van der Waals surface area contributed by atoms with Crippen molar-refractivity contribution in [1.82, 2.24) is 18.5 Å². The number of aromatic nitrogens is 2. The average molecular weight is 385 g/mol. The highest BCUT2D eigenvalue weighted by Crippen LogP contribution is 2.19. The molecule has 2 heterocycles. The van der Waals surface area contributed by atoms with Gasteiger partial charge in [0, 0.05) is 25.4 Å². The van der Waals surface area contributed by atoms with E-state index in [1.54, 1.807) is 0 Å². The molecule has 0 fully saturated rings. The number of hydrogen-bond donors (Lipinski definition) is 2. The molecule has 25 heavy (non-hydrogen) atoms. The summed E-state index contributed by atoms with van der Waals surface area (Å²) in [5.41, 5.74) is 0. The van der Waals surface area contributed by atoms with Crippen LogP contribution < -0.4 is 10.6 Å². The molecule has 2 rings (SSSR count). The van der Waals surface area contributed by atoms with Crippen molar-refractivity contribution >= 4 is 35.1 Å². The Morgan fingerprint density at radius 1 is 1.00 bits per heavy atom. The van der Waals surface area contributed by atoms with Crippen molar-refractivity contribution in [3.63, 3.8) is 0 Å². The molecule has 0 unspecified atom stereocenters. The largest absolute Gasteiger partial charge is 0.464 e. The third-order valence-corrected chi connectivity index (χ3v) is 4.82. The number of likely N-dealkylation sites (N-methyl/N-ethyl adjacent to an activating group) is 1. The van der Waals surface area contributed by atoms with E-state index in [0.717, 1.165) is 60.8 Å². The summed E-state index contributed by atoms with van der Waals surface area (Å²) >= 11 is 3.08. The second-order valence-electron chi connectivity index (χ2n) is 6.28. The van der Waals surface area contributed by atoms with E-state index in [0.29, 0.717) is 0 Å². The number of nitrogens with one attached hydrogen (secondary N) is 2. The van der Waals surface area contributed by atoms with E-state index < -0.39 is 0 Å². The van der Waals surface area contributed by atoms with E-state index in [1.807, 2.05) is 25.9 Å². The van der Waals surface area contributed by atoms with E-state index in [4.69, 9.17) is 4.42 Å². The van der Waals surface area contributed by atoms with Crippen LogP contribution in [0, 0.1) is 0 Å². The molecule has 2 N–H and O–H groups in total. The van der Waals surface area contributed by atoms with Crippen molar-refractivity contribution in [3.05, 3.63) is 23.7 Å².